The Bertz CT molecular complexity index is 1460. The Hall–Kier alpha value is -4.51. The van der Waals surface area contributed by atoms with Gasteiger partial charge in [-0.15, -0.1) is 0 Å². The van der Waals surface area contributed by atoms with Gasteiger partial charge >= 0.3 is 0 Å². The zero-order chi connectivity index (χ0) is 29.8. The molecule has 0 spiro atoms. The topological polar surface area (TPSA) is 120 Å². The minimum Gasteiger partial charge on any atom is -0.493 e. The summed E-state index contributed by atoms with van der Waals surface area (Å²) < 4.78 is 29.3. The van der Waals surface area contributed by atoms with Crippen molar-refractivity contribution < 1.29 is 33.3 Å². The van der Waals surface area contributed by atoms with E-state index in [2.05, 4.69) is 20.5 Å². The van der Waals surface area contributed by atoms with E-state index < -0.39 is 0 Å². The molecular weight excluding hydrogens is 552 g/mol. The number of carbonyl (C=O) groups excluding carboxylic acids is 2. The lowest BCUT2D eigenvalue weighted by atomic mass is 10.1. The van der Waals surface area contributed by atoms with Gasteiger partial charge in [0.1, 0.15) is 29.0 Å². The number of fused-ring (bicyclic) bond motifs is 7. The molecule has 3 aliphatic heterocycles. The predicted molar refractivity (Wildman–Crippen MR) is 157 cm³/mol. The van der Waals surface area contributed by atoms with E-state index >= 15 is 0 Å². The number of likely N-dealkylation sites (tertiary alicyclic amines) is 1. The molecule has 43 heavy (non-hydrogen) atoms. The van der Waals surface area contributed by atoms with Crippen LogP contribution in [0.1, 0.15) is 34.5 Å². The van der Waals surface area contributed by atoms with E-state index in [1.807, 2.05) is 24.3 Å². The number of nitrogens with zero attached hydrogens (tertiary/aromatic N) is 2. The minimum atomic E-state index is -0.341. The number of ether oxygens (including phenoxy) is 5. The van der Waals surface area contributed by atoms with Crippen LogP contribution in [0, 0.1) is 5.92 Å². The molecule has 7 rings (SSSR count). The fourth-order valence-corrected chi connectivity index (χ4v) is 5.30. The SMILES string of the molecule is COc1ccnc(CN2C[C@@H]3NC(=O)c4cc(cc(OCC5CC5)c4)OCC(=O)NCc4ccc(cc4)O[C@H]3C2)c1OC. The number of rotatable bonds is 7. The molecule has 1 aliphatic carbocycles. The van der Waals surface area contributed by atoms with Crippen molar-refractivity contribution in [1.29, 1.82) is 0 Å². The molecule has 2 aromatic carbocycles. The number of amides is 2. The van der Waals surface area contributed by atoms with Gasteiger partial charge in [0.2, 0.25) is 0 Å². The van der Waals surface area contributed by atoms with Crippen molar-refractivity contribution in [3.8, 4) is 28.7 Å². The molecular formula is C32H36N4O7. The average Bonchev–Trinajstić information content (AvgIpc) is 3.79. The van der Waals surface area contributed by atoms with Crippen molar-refractivity contribution in [3.05, 3.63) is 71.5 Å². The highest BCUT2D eigenvalue weighted by Gasteiger charge is 2.37. The van der Waals surface area contributed by atoms with E-state index in [0.29, 0.717) is 73.0 Å². The summed E-state index contributed by atoms with van der Waals surface area (Å²) in [5.74, 6) is 2.75. The molecule has 3 aromatic rings. The first-order chi connectivity index (χ1) is 21.0. The summed E-state index contributed by atoms with van der Waals surface area (Å²) in [4.78, 5) is 32.9. The molecule has 0 unspecified atom stereocenters. The van der Waals surface area contributed by atoms with Crippen LogP contribution in [0.4, 0.5) is 0 Å². The van der Waals surface area contributed by atoms with Gasteiger partial charge in [0, 0.05) is 50.1 Å². The fraction of sp³-hybridized carbons (Fsp3) is 0.406. The second-order valence-corrected chi connectivity index (χ2v) is 11.1. The molecule has 2 amide bonds. The molecule has 2 atom stereocenters. The largest absolute Gasteiger partial charge is 0.493 e. The Labute approximate surface area is 250 Å². The number of nitrogens with one attached hydrogen (secondary N) is 2. The lowest BCUT2D eigenvalue weighted by Crippen LogP contribution is -2.45. The average molecular weight is 589 g/mol. The van der Waals surface area contributed by atoms with Gasteiger partial charge in [-0.3, -0.25) is 19.5 Å². The Morgan fingerprint density at radius 3 is 2.60 bits per heavy atom. The number of pyridine rings is 1. The second-order valence-electron chi connectivity index (χ2n) is 11.1. The van der Waals surface area contributed by atoms with Crippen LogP contribution < -0.4 is 34.3 Å². The van der Waals surface area contributed by atoms with Crippen molar-refractivity contribution in [2.45, 2.75) is 38.1 Å². The number of carbonyl (C=O) groups is 2. The van der Waals surface area contributed by atoms with Crippen molar-refractivity contribution in [2.75, 3.05) is 40.5 Å². The second kappa shape index (κ2) is 12.8. The summed E-state index contributed by atoms with van der Waals surface area (Å²) in [5, 5.41) is 6.05. The third-order valence-electron chi connectivity index (χ3n) is 7.79. The molecule has 4 bridgehead atoms. The van der Waals surface area contributed by atoms with Gasteiger partial charge in [-0.1, -0.05) is 12.1 Å². The summed E-state index contributed by atoms with van der Waals surface area (Å²) in [6.07, 6.45) is 3.63. The van der Waals surface area contributed by atoms with Crippen LogP contribution in [0.2, 0.25) is 0 Å². The molecule has 4 aliphatic rings. The van der Waals surface area contributed by atoms with Crippen LogP contribution >= 0.6 is 0 Å². The normalized spacial score (nSPS) is 20.6. The summed E-state index contributed by atoms with van der Waals surface area (Å²) >= 11 is 0. The van der Waals surface area contributed by atoms with E-state index in [4.69, 9.17) is 23.7 Å². The molecule has 226 valence electrons. The summed E-state index contributed by atoms with van der Waals surface area (Å²) in [7, 11) is 3.19. The monoisotopic (exact) mass is 588 g/mol. The molecule has 4 heterocycles. The van der Waals surface area contributed by atoms with Crippen molar-refractivity contribution in [2.24, 2.45) is 5.92 Å². The van der Waals surface area contributed by atoms with Crippen molar-refractivity contribution in [1.82, 2.24) is 20.5 Å². The highest BCUT2D eigenvalue weighted by molar-refractivity contribution is 5.95. The van der Waals surface area contributed by atoms with Gasteiger partial charge in [0.05, 0.1) is 26.9 Å². The van der Waals surface area contributed by atoms with Gasteiger partial charge in [0.15, 0.2) is 18.1 Å². The molecule has 1 aromatic heterocycles. The lowest BCUT2D eigenvalue weighted by molar-refractivity contribution is -0.123. The molecule has 2 fully saturated rings. The van der Waals surface area contributed by atoms with Gasteiger partial charge in [-0.2, -0.15) is 0 Å². The van der Waals surface area contributed by atoms with Crippen LogP contribution in [0.25, 0.3) is 0 Å². The number of hydrogen-bond acceptors (Lipinski definition) is 9. The molecule has 1 saturated carbocycles. The lowest BCUT2D eigenvalue weighted by Gasteiger charge is -2.22. The Kier molecular flexibility index (Phi) is 8.50. The number of aromatic nitrogens is 1. The highest BCUT2D eigenvalue weighted by Crippen LogP contribution is 2.32. The smallest absolute Gasteiger partial charge is 0.258 e. The zero-order valence-corrected chi connectivity index (χ0v) is 24.3. The Morgan fingerprint density at radius 1 is 1.00 bits per heavy atom. The van der Waals surface area contributed by atoms with E-state index in [1.165, 1.54) is 0 Å². The summed E-state index contributed by atoms with van der Waals surface area (Å²) in [6.45, 7) is 2.30. The van der Waals surface area contributed by atoms with E-state index in [1.54, 1.807) is 44.7 Å². The molecule has 11 nitrogen and oxygen atoms in total. The number of methoxy groups -OCH3 is 2. The summed E-state index contributed by atoms with van der Waals surface area (Å²) in [5.41, 5.74) is 2.04. The molecule has 2 N–H and O–H groups in total. The van der Waals surface area contributed by atoms with Crippen LogP contribution in [0.5, 0.6) is 28.7 Å². The molecule has 0 radical (unpaired) electrons. The van der Waals surface area contributed by atoms with E-state index in [9.17, 15) is 9.59 Å². The van der Waals surface area contributed by atoms with Crippen LogP contribution in [0.3, 0.4) is 0 Å². The van der Waals surface area contributed by atoms with Crippen LogP contribution in [-0.4, -0.2) is 74.4 Å². The van der Waals surface area contributed by atoms with E-state index in [0.717, 1.165) is 24.1 Å². The van der Waals surface area contributed by atoms with Crippen LogP contribution in [-0.2, 0) is 17.9 Å². The minimum absolute atomic E-state index is 0.185. The first-order valence-corrected chi connectivity index (χ1v) is 14.5. The standard InChI is InChI=1S/C32H36N4O7/c1-39-28-9-10-33-27(31(28)40-2)16-36-15-26-29(17-36)43-23-7-5-20(6-8-23)14-34-30(37)19-42-25-12-22(32(38)35-26)11-24(13-25)41-18-21-3-4-21/h5-13,21,26,29H,3-4,14-19H2,1-2H3,(H,34,37)(H,35,38)/t26-,29-/m0/s1. The Balaban J connectivity index is 1.27. The van der Waals surface area contributed by atoms with Gasteiger partial charge < -0.3 is 34.3 Å². The number of benzene rings is 2. The fourth-order valence-electron chi connectivity index (χ4n) is 5.30. The van der Waals surface area contributed by atoms with Gasteiger partial charge in [0.25, 0.3) is 11.8 Å². The third kappa shape index (κ3) is 7.11. The Morgan fingerprint density at radius 2 is 1.84 bits per heavy atom. The van der Waals surface area contributed by atoms with Crippen molar-refractivity contribution in [3.63, 3.8) is 0 Å². The van der Waals surface area contributed by atoms with Gasteiger partial charge in [-0.25, -0.2) is 0 Å². The van der Waals surface area contributed by atoms with E-state index in [-0.39, 0.29) is 30.6 Å². The van der Waals surface area contributed by atoms with Gasteiger partial charge in [-0.05, 0) is 48.6 Å². The summed E-state index contributed by atoms with van der Waals surface area (Å²) in [6, 6.07) is 14.1. The van der Waals surface area contributed by atoms with Crippen molar-refractivity contribution >= 4 is 11.8 Å². The maximum atomic E-state index is 13.7. The maximum absolute atomic E-state index is 13.7. The molecule has 1 saturated heterocycles. The van der Waals surface area contributed by atoms with Crippen LogP contribution in [0.15, 0.2) is 54.7 Å². The predicted octanol–water partition coefficient (Wildman–Crippen LogP) is 2.96. The number of hydrogen-bond donors (Lipinski definition) is 2. The third-order valence-corrected chi connectivity index (χ3v) is 7.79. The quantitative estimate of drug-likeness (QED) is 0.429. The first-order valence-electron chi connectivity index (χ1n) is 14.5. The highest BCUT2D eigenvalue weighted by atomic mass is 16.5. The maximum Gasteiger partial charge on any atom is 0.258 e. The molecule has 11 heteroatoms. The zero-order valence-electron chi connectivity index (χ0n) is 24.3. The first kappa shape index (κ1) is 28.6.